The lowest BCUT2D eigenvalue weighted by molar-refractivity contribution is -0.145. The topological polar surface area (TPSA) is 151 Å². The van der Waals surface area contributed by atoms with Gasteiger partial charge in [0.1, 0.15) is 23.4 Å². The van der Waals surface area contributed by atoms with Crippen LogP contribution in [0.1, 0.15) is 63.8 Å². The maximum absolute atomic E-state index is 13.9. The molecule has 0 aromatic heterocycles. The van der Waals surface area contributed by atoms with E-state index in [4.69, 9.17) is 10.5 Å². The number of phenols is 1. The van der Waals surface area contributed by atoms with E-state index < -0.39 is 54.0 Å². The monoisotopic (exact) mass is 526 g/mol. The van der Waals surface area contributed by atoms with Crippen molar-refractivity contribution in [2.75, 3.05) is 0 Å². The Morgan fingerprint density at radius 3 is 2.21 bits per heavy atom. The molecule has 0 saturated carbocycles. The van der Waals surface area contributed by atoms with Crippen LogP contribution < -0.4 is 16.4 Å². The van der Waals surface area contributed by atoms with Gasteiger partial charge >= 0.3 is 6.09 Å². The minimum Gasteiger partial charge on any atom is -0.508 e. The van der Waals surface area contributed by atoms with Crippen molar-refractivity contribution in [2.45, 2.75) is 78.2 Å². The minimum absolute atomic E-state index is 0.0396. The predicted molar refractivity (Wildman–Crippen MR) is 143 cm³/mol. The van der Waals surface area contributed by atoms with E-state index in [-0.39, 0.29) is 12.3 Å². The molecule has 0 aliphatic carbocycles. The number of hydrogen-bond acceptors (Lipinski definition) is 6. The minimum atomic E-state index is -1.37. The van der Waals surface area contributed by atoms with Gasteiger partial charge in [-0.2, -0.15) is 0 Å². The molecule has 2 atom stereocenters. The number of hydrogen-bond donors (Lipinski definition) is 4. The van der Waals surface area contributed by atoms with Gasteiger partial charge in [-0.05, 0) is 70.4 Å². The number of nitrogens with two attached hydrogens (primary N) is 1. The number of ether oxygens (including phenoxy) is 1. The summed E-state index contributed by atoms with van der Waals surface area (Å²) in [5.74, 6) is -1.93. The number of carbonyl (C=O) groups excluding carboxylic acids is 4. The number of aryl methyl sites for hydroxylation is 1. The van der Waals surface area contributed by atoms with Crippen molar-refractivity contribution in [3.63, 3.8) is 0 Å². The van der Waals surface area contributed by atoms with Crippen LogP contribution >= 0.6 is 0 Å². The summed E-state index contributed by atoms with van der Waals surface area (Å²) in [7, 11) is 0. The van der Waals surface area contributed by atoms with E-state index in [0.717, 1.165) is 5.56 Å². The van der Waals surface area contributed by atoms with Crippen LogP contribution in [0, 0.1) is 6.92 Å². The Morgan fingerprint density at radius 1 is 1.05 bits per heavy atom. The summed E-state index contributed by atoms with van der Waals surface area (Å²) in [6, 6.07) is 10.9. The highest BCUT2D eigenvalue weighted by Crippen LogP contribution is 2.29. The largest absolute Gasteiger partial charge is 0.508 e. The van der Waals surface area contributed by atoms with Gasteiger partial charge in [-0.3, -0.25) is 14.4 Å². The van der Waals surface area contributed by atoms with E-state index in [1.165, 1.54) is 11.0 Å². The average Bonchev–Trinajstić information content (AvgIpc) is 2.81. The predicted octanol–water partition coefficient (Wildman–Crippen LogP) is 3.06. The van der Waals surface area contributed by atoms with Crippen molar-refractivity contribution in [1.29, 1.82) is 0 Å². The number of amides is 4. The van der Waals surface area contributed by atoms with Crippen LogP contribution in [0.25, 0.3) is 0 Å². The Bertz CT molecular complexity index is 1140. The van der Waals surface area contributed by atoms with Crippen molar-refractivity contribution in [3.8, 4) is 5.75 Å². The molecule has 2 unspecified atom stereocenters. The van der Waals surface area contributed by atoms with Gasteiger partial charge in [-0.25, -0.2) is 4.79 Å². The SMILES string of the molecule is Cc1cc(C(C(=O)NCc2ccccc2)N(C(=O)C(CC(N)=O)NC(=O)OC(C)(C)C)C(C)C)ccc1O. The zero-order valence-corrected chi connectivity index (χ0v) is 22.8. The van der Waals surface area contributed by atoms with Crippen molar-refractivity contribution >= 4 is 23.8 Å². The van der Waals surface area contributed by atoms with Crippen molar-refractivity contribution in [2.24, 2.45) is 5.73 Å². The second-order valence-corrected chi connectivity index (χ2v) is 10.4. The second kappa shape index (κ2) is 12.9. The van der Waals surface area contributed by atoms with Crippen LogP contribution in [0.4, 0.5) is 4.79 Å². The van der Waals surface area contributed by atoms with Crippen molar-refractivity contribution in [3.05, 3.63) is 65.2 Å². The quantitative estimate of drug-likeness (QED) is 0.374. The molecule has 38 heavy (non-hydrogen) atoms. The first-order chi connectivity index (χ1) is 17.7. The molecule has 2 aromatic rings. The Morgan fingerprint density at radius 2 is 1.68 bits per heavy atom. The maximum atomic E-state index is 13.9. The molecule has 0 heterocycles. The summed E-state index contributed by atoms with van der Waals surface area (Å²) >= 11 is 0. The molecular formula is C28H38N4O6. The summed E-state index contributed by atoms with van der Waals surface area (Å²) in [5.41, 5.74) is 6.38. The number of benzene rings is 2. The molecule has 2 rings (SSSR count). The van der Waals surface area contributed by atoms with Crippen LogP contribution in [0.5, 0.6) is 5.75 Å². The fraction of sp³-hybridized carbons (Fsp3) is 0.429. The zero-order valence-electron chi connectivity index (χ0n) is 22.8. The first kappa shape index (κ1) is 30.1. The van der Waals surface area contributed by atoms with Crippen LogP contribution in [0.2, 0.25) is 0 Å². The van der Waals surface area contributed by atoms with Crippen LogP contribution in [0.3, 0.4) is 0 Å². The smallest absolute Gasteiger partial charge is 0.408 e. The molecule has 0 aliphatic heterocycles. The molecule has 4 amide bonds. The maximum Gasteiger partial charge on any atom is 0.408 e. The van der Waals surface area contributed by atoms with Gasteiger partial charge in [0, 0.05) is 12.6 Å². The number of alkyl carbamates (subject to hydrolysis) is 1. The molecular weight excluding hydrogens is 488 g/mol. The van der Waals surface area contributed by atoms with Gasteiger partial charge in [-0.15, -0.1) is 0 Å². The van der Waals surface area contributed by atoms with E-state index in [9.17, 15) is 24.3 Å². The Kier molecular flexibility index (Phi) is 10.3. The number of primary amides is 1. The van der Waals surface area contributed by atoms with Crippen LogP contribution in [-0.4, -0.2) is 51.5 Å². The highest BCUT2D eigenvalue weighted by molar-refractivity contribution is 5.94. The molecule has 5 N–H and O–H groups in total. The number of aromatic hydroxyl groups is 1. The van der Waals surface area contributed by atoms with Crippen LogP contribution in [0.15, 0.2) is 48.5 Å². The molecule has 0 radical (unpaired) electrons. The third-order valence-corrected chi connectivity index (χ3v) is 5.58. The summed E-state index contributed by atoms with van der Waals surface area (Å²) in [5, 5.41) is 15.4. The van der Waals surface area contributed by atoms with E-state index in [0.29, 0.717) is 11.1 Å². The van der Waals surface area contributed by atoms with E-state index in [2.05, 4.69) is 10.6 Å². The molecule has 0 saturated heterocycles. The standard InChI is InChI=1S/C28H38N4O6/c1-17(2)32(26(36)21(15-23(29)34)31-27(37)38-28(4,5)6)24(20-12-13-22(33)18(3)14-20)25(35)30-16-19-10-8-7-9-11-19/h7-14,17,21,24,33H,15-16H2,1-6H3,(H2,29,34)(H,30,35)(H,31,37). The number of phenolic OH excluding ortho intramolecular Hbond substituents is 1. The molecule has 0 aliphatic rings. The van der Waals surface area contributed by atoms with Gasteiger partial charge in [0.15, 0.2) is 0 Å². The van der Waals surface area contributed by atoms with Gasteiger partial charge in [0.2, 0.25) is 17.7 Å². The fourth-order valence-corrected chi connectivity index (χ4v) is 3.88. The Balaban J connectivity index is 2.49. The third-order valence-electron chi connectivity index (χ3n) is 5.58. The van der Waals surface area contributed by atoms with Crippen molar-refractivity contribution < 1.29 is 29.0 Å². The van der Waals surface area contributed by atoms with Gasteiger partial charge in [0.25, 0.3) is 0 Å². The molecule has 10 nitrogen and oxygen atoms in total. The highest BCUT2D eigenvalue weighted by atomic mass is 16.6. The first-order valence-electron chi connectivity index (χ1n) is 12.4. The van der Waals surface area contributed by atoms with Gasteiger partial charge in [0.05, 0.1) is 6.42 Å². The number of nitrogens with one attached hydrogen (secondary N) is 2. The molecule has 0 bridgehead atoms. The van der Waals surface area contributed by atoms with E-state index in [1.807, 2.05) is 30.3 Å². The lowest BCUT2D eigenvalue weighted by Crippen LogP contribution is -2.55. The summed E-state index contributed by atoms with van der Waals surface area (Å²) < 4.78 is 5.27. The average molecular weight is 527 g/mol. The number of nitrogens with zero attached hydrogens (tertiary/aromatic N) is 1. The lowest BCUT2D eigenvalue weighted by atomic mass is 9.98. The highest BCUT2D eigenvalue weighted by Gasteiger charge is 2.38. The Hall–Kier alpha value is -4.08. The molecule has 0 spiro atoms. The van der Waals surface area contributed by atoms with Crippen LogP contribution in [-0.2, 0) is 25.7 Å². The lowest BCUT2D eigenvalue weighted by Gasteiger charge is -2.37. The molecule has 10 heteroatoms. The Labute approximate surface area is 223 Å². The van der Waals surface area contributed by atoms with E-state index in [1.54, 1.807) is 53.7 Å². The zero-order chi connectivity index (χ0) is 28.6. The van der Waals surface area contributed by atoms with Gasteiger partial charge in [-0.1, -0.05) is 36.4 Å². The van der Waals surface area contributed by atoms with Gasteiger partial charge < -0.3 is 31.1 Å². The number of carbonyl (C=O) groups is 4. The number of rotatable bonds is 10. The van der Waals surface area contributed by atoms with E-state index >= 15 is 0 Å². The third kappa shape index (κ3) is 8.79. The summed E-state index contributed by atoms with van der Waals surface area (Å²) in [6.07, 6.45) is -1.39. The van der Waals surface area contributed by atoms with Crippen molar-refractivity contribution in [1.82, 2.24) is 15.5 Å². The first-order valence-corrected chi connectivity index (χ1v) is 12.4. The molecule has 206 valence electrons. The summed E-state index contributed by atoms with van der Waals surface area (Å²) in [4.78, 5) is 53.2. The summed E-state index contributed by atoms with van der Waals surface area (Å²) in [6.45, 7) is 10.3. The molecule has 2 aromatic carbocycles. The fourth-order valence-electron chi connectivity index (χ4n) is 3.88. The normalized spacial score (nSPS) is 12.8. The molecule has 0 fully saturated rings. The second-order valence-electron chi connectivity index (χ2n) is 10.4.